The molecule has 0 radical (unpaired) electrons. The molecule has 0 aliphatic carbocycles. The highest BCUT2D eigenvalue weighted by molar-refractivity contribution is 5.38. The highest BCUT2D eigenvalue weighted by Gasteiger charge is 2.31. The van der Waals surface area contributed by atoms with E-state index in [2.05, 4.69) is 17.3 Å². The Morgan fingerprint density at radius 2 is 2.00 bits per heavy atom. The van der Waals surface area contributed by atoms with Gasteiger partial charge in [-0.05, 0) is 39.8 Å². The molecule has 1 saturated heterocycles. The molecule has 0 aromatic carbocycles. The summed E-state index contributed by atoms with van der Waals surface area (Å²) in [6.45, 7) is 6.10. The highest BCUT2D eigenvalue weighted by atomic mass is 16.5. The van der Waals surface area contributed by atoms with Crippen LogP contribution in [0.2, 0.25) is 0 Å². The molecule has 1 aromatic heterocycles. The molecule has 0 amide bonds. The van der Waals surface area contributed by atoms with Gasteiger partial charge >= 0.3 is 0 Å². The number of aromatic nitrogens is 2. The summed E-state index contributed by atoms with van der Waals surface area (Å²) in [6.07, 6.45) is 2.01. The van der Waals surface area contributed by atoms with E-state index in [0.29, 0.717) is 5.88 Å². The van der Waals surface area contributed by atoms with Gasteiger partial charge in [0.05, 0.1) is 7.11 Å². The molecule has 2 rings (SSSR count). The molecule has 17 heavy (non-hydrogen) atoms. The zero-order valence-electron chi connectivity index (χ0n) is 11.0. The number of hydrogen-bond acceptors (Lipinski definition) is 4. The van der Waals surface area contributed by atoms with Crippen molar-refractivity contribution >= 4 is 0 Å². The average molecular weight is 239 g/mol. The predicted octanol–water partition coefficient (Wildman–Crippen LogP) is 1.26. The Morgan fingerprint density at radius 1 is 1.35 bits per heavy atom. The minimum Gasteiger partial charge on any atom is -0.480 e. The molecular weight excluding hydrogens is 218 g/mol. The fourth-order valence-corrected chi connectivity index (χ4v) is 2.26. The van der Waals surface area contributed by atoms with Gasteiger partial charge in [0, 0.05) is 7.05 Å². The minimum absolute atomic E-state index is 0.119. The van der Waals surface area contributed by atoms with Crippen LogP contribution in [0.15, 0.2) is 0 Å². The monoisotopic (exact) mass is 239 g/mol. The van der Waals surface area contributed by atoms with E-state index in [1.54, 1.807) is 11.8 Å². The SMILES string of the molecule is COc1c(OC2(C)CCNCC2)c(C)nn1C. The lowest BCUT2D eigenvalue weighted by Gasteiger charge is -2.34. The fourth-order valence-electron chi connectivity index (χ4n) is 2.26. The van der Waals surface area contributed by atoms with Gasteiger partial charge in [-0.1, -0.05) is 0 Å². The molecule has 0 atom stereocenters. The Hall–Kier alpha value is -1.23. The number of hydrogen-bond donors (Lipinski definition) is 1. The summed E-state index contributed by atoms with van der Waals surface area (Å²) < 4.78 is 13.2. The highest BCUT2D eigenvalue weighted by Crippen LogP contribution is 2.35. The first-order chi connectivity index (χ1) is 8.06. The normalized spacial score (nSPS) is 19.1. The molecule has 1 N–H and O–H groups in total. The summed E-state index contributed by atoms with van der Waals surface area (Å²) in [4.78, 5) is 0. The molecule has 2 heterocycles. The van der Waals surface area contributed by atoms with Crippen molar-refractivity contribution in [2.45, 2.75) is 32.3 Å². The van der Waals surface area contributed by atoms with Gasteiger partial charge in [-0.25, -0.2) is 4.68 Å². The van der Waals surface area contributed by atoms with E-state index >= 15 is 0 Å². The van der Waals surface area contributed by atoms with Crippen molar-refractivity contribution in [2.75, 3.05) is 20.2 Å². The van der Waals surface area contributed by atoms with Gasteiger partial charge in [-0.15, -0.1) is 0 Å². The van der Waals surface area contributed by atoms with Crippen LogP contribution in [-0.4, -0.2) is 35.6 Å². The van der Waals surface area contributed by atoms with Crippen LogP contribution in [0.4, 0.5) is 0 Å². The molecule has 1 aliphatic rings. The summed E-state index contributed by atoms with van der Waals surface area (Å²) >= 11 is 0. The number of ether oxygens (including phenoxy) is 2. The lowest BCUT2D eigenvalue weighted by molar-refractivity contribution is 0.0517. The smallest absolute Gasteiger partial charge is 0.255 e. The van der Waals surface area contributed by atoms with Crippen molar-refractivity contribution in [1.82, 2.24) is 15.1 Å². The van der Waals surface area contributed by atoms with Gasteiger partial charge in [-0.2, -0.15) is 5.10 Å². The van der Waals surface area contributed by atoms with Gasteiger partial charge in [0.2, 0.25) is 5.75 Å². The lowest BCUT2D eigenvalue weighted by Crippen LogP contribution is -2.43. The zero-order chi connectivity index (χ0) is 12.5. The molecule has 1 aliphatic heterocycles. The zero-order valence-corrected chi connectivity index (χ0v) is 11.0. The Labute approximate surface area is 102 Å². The van der Waals surface area contributed by atoms with E-state index in [1.807, 2.05) is 14.0 Å². The topological polar surface area (TPSA) is 48.3 Å². The quantitative estimate of drug-likeness (QED) is 0.862. The summed E-state index contributed by atoms with van der Waals surface area (Å²) in [5.74, 6) is 1.47. The molecule has 1 aromatic rings. The van der Waals surface area contributed by atoms with Crippen LogP contribution in [0.1, 0.15) is 25.5 Å². The predicted molar refractivity (Wildman–Crippen MR) is 65.6 cm³/mol. The van der Waals surface area contributed by atoms with Crippen molar-refractivity contribution < 1.29 is 9.47 Å². The number of aryl methyl sites for hydroxylation is 2. The molecule has 1 fully saturated rings. The van der Waals surface area contributed by atoms with Crippen molar-refractivity contribution in [1.29, 1.82) is 0 Å². The Morgan fingerprint density at radius 3 is 2.59 bits per heavy atom. The molecule has 0 unspecified atom stereocenters. The number of piperidine rings is 1. The number of methoxy groups -OCH3 is 1. The van der Waals surface area contributed by atoms with Crippen LogP contribution in [-0.2, 0) is 7.05 Å². The van der Waals surface area contributed by atoms with Crippen molar-refractivity contribution in [2.24, 2.45) is 7.05 Å². The van der Waals surface area contributed by atoms with Crippen LogP contribution in [0.5, 0.6) is 11.6 Å². The van der Waals surface area contributed by atoms with E-state index in [4.69, 9.17) is 9.47 Å². The maximum atomic E-state index is 6.17. The molecule has 5 nitrogen and oxygen atoms in total. The summed E-state index contributed by atoms with van der Waals surface area (Å²) in [6, 6.07) is 0. The van der Waals surface area contributed by atoms with Gasteiger partial charge in [-0.3, -0.25) is 0 Å². The van der Waals surface area contributed by atoms with Crippen LogP contribution in [0.3, 0.4) is 0 Å². The van der Waals surface area contributed by atoms with Crippen molar-refractivity contribution in [3.8, 4) is 11.6 Å². The van der Waals surface area contributed by atoms with Crippen LogP contribution >= 0.6 is 0 Å². The lowest BCUT2D eigenvalue weighted by atomic mass is 9.94. The van der Waals surface area contributed by atoms with Gasteiger partial charge < -0.3 is 14.8 Å². The minimum atomic E-state index is -0.119. The molecule has 96 valence electrons. The van der Waals surface area contributed by atoms with Gasteiger partial charge in [0.15, 0.2) is 0 Å². The standard InChI is InChI=1S/C12H21N3O2/c1-9-10(11(16-4)15(3)14-9)17-12(2)5-7-13-8-6-12/h13H,5-8H2,1-4H3. The van der Waals surface area contributed by atoms with Crippen LogP contribution in [0, 0.1) is 6.92 Å². The summed E-state index contributed by atoms with van der Waals surface area (Å²) in [5.41, 5.74) is 0.760. The second-order valence-corrected chi connectivity index (χ2v) is 4.85. The van der Waals surface area contributed by atoms with E-state index in [9.17, 15) is 0 Å². The second kappa shape index (κ2) is 4.56. The van der Waals surface area contributed by atoms with Crippen LogP contribution in [0.25, 0.3) is 0 Å². The van der Waals surface area contributed by atoms with Gasteiger partial charge in [0.1, 0.15) is 11.3 Å². The number of rotatable bonds is 3. The largest absolute Gasteiger partial charge is 0.480 e. The van der Waals surface area contributed by atoms with E-state index in [0.717, 1.165) is 37.4 Å². The Balaban J connectivity index is 2.22. The molecule has 0 bridgehead atoms. The summed E-state index contributed by atoms with van der Waals surface area (Å²) in [5, 5.41) is 7.67. The molecule has 5 heteroatoms. The third-order valence-corrected chi connectivity index (χ3v) is 3.32. The average Bonchev–Trinajstić information content (AvgIpc) is 2.54. The maximum absolute atomic E-state index is 6.17. The van der Waals surface area contributed by atoms with E-state index < -0.39 is 0 Å². The van der Waals surface area contributed by atoms with E-state index in [-0.39, 0.29) is 5.60 Å². The van der Waals surface area contributed by atoms with E-state index in [1.165, 1.54) is 0 Å². The second-order valence-electron chi connectivity index (χ2n) is 4.85. The van der Waals surface area contributed by atoms with Crippen molar-refractivity contribution in [3.05, 3.63) is 5.69 Å². The first-order valence-electron chi connectivity index (χ1n) is 6.03. The summed E-state index contributed by atoms with van der Waals surface area (Å²) in [7, 11) is 3.51. The Bertz CT molecular complexity index is 395. The Kier molecular flexibility index (Phi) is 3.28. The number of nitrogens with one attached hydrogen (secondary N) is 1. The van der Waals surface area contributed by atoms with Gasteiger partial charge in [0.25, 0.3) is 5.88 Å². The fraction of sp³-hybridized carbons (Fsp3) is 0.750. The first kappa shape index (κ1) is 12.2. The van der Waals surface area contributed by atoms with Crippen LogP contribution < -0.4 is 14.8 Å². The third kappa shape index (κ3) is 2.39. The molecular formula is C12H21N3O2. The van der Waals surface area contributed by atoms with Crippen molar-refractivity contribution in [3.63, 3.8) is 0 Å². The number of nitrogens with zero attached hydrogens (tertiary/aromatic N) is 2. The first-order valence-corrected chi connectivity index (χ1v) is 6.03. The molecule has 0 saturated carbocycles. The maximum Gasteiger partial charge on any atom is 0.255 e. The third-order valence-electron chi connectivity index (χ3n) is 3.32. The molecule has 0 spiro atoms.